The van der Waals surface area contributed by atoms with Gasteiger partial charge in [0.15, 0.2) is 0 Å². The van der Waals surface area contributed by atoms with E-state index in [-0.39, 0.29) is 11.9 Å². The van der Waals surface area contributed by atoms with Gasteiger partial charge in [0.05, 0.1) is 13.2 Å². The Morgan fingerprint density at radius 3 is 2.60 bits per heavy atom. The highest BCUT2D eigenvalue weighted by Crippen LogP contribution is 2.34. The number of hydrogen-bond donors (Lipinski definition) is 1. The highest BCUT2D eigenvalue weighted by molar-refractivity contribution is 9.10. The molecule has 0 aliphatic heterocycles. The van der Waals surface area contributed by atoms with E-state index in [1.807, 2.05) is 6.07 Å². The molecule has 20 heavy (non-hydrogen) atoms. The zero-order chi connectivity index (χ0) is 14.7. The Kier molecular flexibility index (Phi) is 5.02. The molecule has 1 atom stereocenters. The van der Waals surface area contributed by atoms with Crippen LogP contribution in [0.1, 0.15) is 17.2 Å². The Bertz CT molecular complexity index is 621. The van der Waals surface area contributed by atoms with Gasteiger partial charge in [-0.1, -0.05) is 33.6 Å². The number of methoxy groups -OCH3 is 1. The van der Waals surface area contributed by atoms with Crippen LogP contribution in [-0.2, 0) is 0 Å². The highest BCUT2D eigenvalue weighted by Gasteiger charge is 2.20. The molecule has 1 unspecified atom stereocenters. The van der Waals surface area contributed by atoms with Crippen molar-refractivity contribution in [3.05, 3.63) is 62.8 Å². The largest absolute Gasteiger partial charge is 0.496 e. The summed E-state index contributed by atoms with van der Waals surface area (Å²) in [6, 6.07) is 9.86. The van der Waals surface area contributed by atoms with E-state index in [0.717, 1.165) is 10.0 Å². The molecule has 0 heterocycles. The maximum Gasteiger partial charge on any atom is 0.128 e. The van der Waals surface area contributed by atoms with Gasteiger partial charge in [-0.05, 0) is 37.4 Å². The Labute approximate surface area is 131 Å². The van der Waals surface area contributed by atoms with Crippen LogP contribution in [-0.4, -0.2) is 14.2 Å². The van der Waals surface area contributed by atoms with Crippen molar-refractivity contribution in [3.8, 4) is 5.75 Å². The van der Waals surface area contributed by atoms with Crippen LogP contribution in [0.3, 0.4) is 0 Å². The van der Waals surface area contributed by atoms with Gasteiger partial charge in [0.25, 0.3) is 0 Å². The lowest BCUT2D eigenvalue weighted by molar-refractivity contribution is 0.404. The molecule has 0 radical (unpaired) electrons. The summed E-state index contributed by atoms with van der Waals surface area (Å²) in [5, 5.41) is 3.69. The Morgan fingerprint density at radius 2 is 1.95 bits per heavy atom. The van der Waals surface area contributed by atoms with E-state index in [0.29, 0.717) is 16.3 Å². The summed E-state index contributed by atoms with van der Waals surface area (Å²) in [6.07, 6.45) is 0. The fourth-order valence-corrected chi connectivity index (χ4v) is 2.68. The van der Waals surface area contributed by atoms with E-state index in [1.54, 1.807) is 38.4 Å². The second-order valence-corrected chi connectivity index (χ2v) is 5.63. The lowest BCUT2D eigenvalue weighted by Crippen LogP contribution is -2.19. The van der Waals surface area contributed by atoms with E-state index in [1.165, 1.54) is 6.07 Å². The molecule has 0 saturated carbocycles. The lowest BCUT2D eigenvalue weighted by atomic mass is 9.97. The van der Waals surface area contributed by atoms with Crippen LogP contribution >= 0.6 is 27.5 Å². The van der Waals surface area contributed by atoms with Crippen molar-refractivity contribution >= 4 is 27.5 Å². The van der Waals surface area contributed by atoms with Gasteiger partial charge < -0.3 is 10.1 Å². The number of hydrogen-bond acceptors (Lipinski definition) is 2. The van der Waals surface area contributed by atoms with Crippen molar-refractivity contribution < 1.29 is 9.13 Å². The van der Waals surface area contributed by atoms with Crippen molar-refractivity contribution in [2.45, 2.75) is 6.04 Å². The maximum atomic E-state index is 14.1. The maximum absolute atomic E-state index is 14.1. The first kappa shape index (κ1) is 15.3. The second kappa shape index (κ2) is 6.57. The summed E-state index contributed by atoms with van der Waals surface area (Å²) >= 11 is 9.33. The van der Waals surface area contributed by atoms with E-state index in [9.17, 15) is 4.39 Å². The standard InChI is InChI=1S/C15H14BrClFNO/c1-19-15(12-7-9(16)3-6-13(12)18)11-5-4-10(17)8-14(11)20-2/h3-8,15,19H,1-2H3. The molecule has 2 rings (SSSR count). The van der Waals surface area contributed by atoms with Crippen LogP contribution in [0.2, 0.25) is 5.02 Å². The van der Waals surface area contributed by atoms with Gasteiger partial charge >= 0.3 is 0 Å². The SMILES string of the molecule is CNC(c1cc(Br)ccc1F)c1ccc(Cl)cc1OC. The first-order chi connectivity index (χ1) is 9.56. The van der Waals surface area contributed by atoms with Crippen molar-refractivity contribution in [1.29, 1.82) is 0 Å². The zero-order valence-electron chi connectivity index (χ0n) is 11.1. The van der Waals surface area contributed by atoms with Gasteiger partial charge in [-0.15, -0.1) is 0 Å². The smallest absolute Gasteiger partial charge is 0.128 e. The first-order valence-corrected chi connectivity index (χ1v) is 7.19. The summed E-state index contributed by atoms with van der Waals surface area (Å²) in [7, 11) is 3.35. The summed E-state index contributed by atoms with van der Waals surface area (Å²) in [5.41, 5.74) is 1.37. The summed E-state index contributed by atoms with van der Waals surface area (Å²) in [5.74, 6) is 0.348. The third-order valence-electron chi connectivity index (χ3n) is 3.06. The van der Waals surface area contributed by atoms with Gasteiger partial charge in [0, 0.05) is 20.6 Å². The van der Waals surface area contributed by atoms with Crippen molar-refractivity contribution in [3.63, 3.8) is 0 Å². The third-order valence-corrected chi connectivity index (χ3v) is 3.79. The van der Waals surface area contributed by atoms with Crippen LogP contribution in [0, 0.1) is 5.82 Å². The number of ether oxygens (including phenoxy) is 1. The molecule has 0 bridgehead atoms. The Morgan fingerprint density at radius 1 is 1.20 bits per heavy atom. The molecule has 2 aromatic carbocycles. The summed E-state index contributed by atoms with van der Waals surface area (Å²) < 4.78 is 20.2. The van der Waals surface area contributed by atoms with Crippen LogP contribution in [0.25, 0.3) is 0 Å². The molecule has 5 heteroatoms. The van der Waals surface area contributed by atoms with E-state index < -0.39 is 0 Å². The Balaban J connectivity index is 2.55. The van der Waals surface area contributed by atoms with Gasteiger partial charge in [0.2, 0.25) is 0 Å². The third kappa shape index (κ3) is 3.14. The normalized spacial score (nSPS) is 12.2. The Hall–Kier alpha value is -1.10. The van der Waals surface area contributed by atoms with Gasteiger partial charge in [-0.3, -0.25) is 0 Å². The second-order valence-electron chi connectivity index (χ2n) is 4.27. The topological polar surface area (TPSA) is 21.3 Å². The minimum Gasteiger partial charge on any atom is -0.496 e. The molecule has 0 saturated heterocycles. The predicted molar refractivity (Wildman–Crippen MR) is 83.0 cm³/mol. The number of nitrogens with one attached hydrogen (secondary N) is 1. The minimum atomic E-state index is -0.320. The molecule has 2 nitrogen and oxygen atoms in total. The van der Waals surface area contributed by atoms with Crippen LogP contribution in [0.15, 0.2) is 40.9 Å². The van der Waals surface area contributed by atoms with Crippen molar-refractivity contribution in [1.82, 2.24) is 5.32 Å². The number of benzene rings is 2. The summed E-state index contributed by atoms with van der Waals surface area (Å²) in [4.78, 5) is 0. The molecule has 2 aromatic rings. The van der Waals surface area contributed by atoms with Crippen molar-refractivity contribution in [2.24, 2.45) is 0 Å². The minimum absolute atomic E-state index is 0.274. The average molecular weight is 359 g/mol. The average Bonchev–Trinajstić information content (AvgIpc) is 2.44. The van der Waals surface area contributed by atoms with Gasteiger partial charge in [-0.2, -0.15) is 0 Å². The monoisotopic (exact) mass is 357 g/mol. The first-order valence-electron chi connectivity index (χ1n) is 6.02. The zero-order valence-corrected chi connectivity index (χ0v) is 13.4. The fourth-order valence-electron chi connectivity index (χ4n) is 2.14. The fraction of sp³-hybridized carbons (Fsp3) is 0.200. The van der Waals surface area contributed by atoms with E-state index in [2.05, 4.69) is 21.2 Å². The van der Waals surface area contributed by atoms with E-state index >= 15 is 0 Å². The van der Waals surface area contributed by atoms with Crippen molar-refractivity contribution in [2.75, 3.05) is 14.2 Å². The molecule has 0 aliphatic carbocycles. The molecule has 1 N–H and O–H groups in total. The summed E-state index contributed by atoms with van der Waals surface area (Å²) in [6.45, 7) is 0. The molecule has 0 fully saturated rings. The van der Waals surface area contributed by atoms with E-state index in [4.69, 9.17) is 16.3 Å². The molecule has 0 spiro atoms. The predicted octanol–water partition coefficient (Wildman–Crippen LogP) is 4.56. The molecule has 0 amide bonds. The lowest BCUT2D eigenvalue weighted by Gasteiger charge is -2.21. The molecule has 0 aliphatic rings. The number of halogens is 3. The van der Waals surface area contributed by atoms with Crippen LogP contribution in [0.5, 0.6) is 5.75 Å². The molecule has 106 valence electrons. The highest BCUT2D eigenvalue weighted by atomic mass is 79.9. The molecule has 0 aromatic heterocycles. The van der Waals surface area contributed by atoms with Crippen LogP contribution < -0.4 is 10.1 Å². The molecular formula is C15H14BrClFNO. The van der Waals surface area contributed by atoms with Gasteiger partial charge in [-0.25, -0.2) is 4.39 Å². The molecular weight excluding hydrogens is 345 g/mol. The van der Waals surface area contributed by atoms with Crippen LogP contribution in [0.4, 0.5) is 4.39 Å². The van der Waals surface area contributed by atoms with Gasteiger partial charge in [0.1, 0.15) is 11.6 Å². The number of rotatable bonds is 4. The quantitative estimate of drug-likeness (QED) is 0.865.